The van der Waals surface area contributed by atoms with Gasteiger partial charge in [0.15, 0.2) is 0 Å². The lowest BCUT2D eigenvalue weighted by atomic mass is 9.81. The second-order valence-corrected chi connectivity index (χ2v) is 6.18. The van der Waals surface area contributed by atoms with Gasteiger partial charge in [0, 0.05) is 11.2 Å². The summed E-state index contributed by atoms with van der Waals surface area (Å²) in [6.07, 6.45) is 1.71. The highest BCUT2D eigenvalue weighted by atomic mass is 35.5. The van der Waals surface area contributed by atoms with Gasteiger partial charge in [0.25, 0.3) is 5.91 Å². The van der Waals surface area contributed by atoms with Crippen LogP contribution in [0.15, 0.2) is 48.5 Å². The molecule has 0 aliphatic carbocycles. The third-order valence-corrected chi connectivity index (χ3v) is 4.72. The number of carbonyl (C=O) groups excluding carboxylic acids is 1. The second kappa shape index (κ2) is 5.19. The summed E-state index contributed by atoms with van der Waals surface area (Å²) in [7, 11) is 0. The number of para-hydroxylation sites is 1. The van der Waals surface area contributed by atoms with Crippen molar-refractivity contribution in [3.63, 3.8) is 0 Å². The van der Waals surface area contributed by atoms with E-state index < -0.39 is 0 Å². The summed E-state index contributed by atoms with van der Waals surface area (Å²) in [6.45, 7) is 4.26. The SMILES string of the molecule is CCC1(C)Cc2cccc(Cl)c2C(=O)N1c1ccccc1. The molecule has 0 saturated carbocycles. The summed E-state index contributed by atoms with van der Waals surface area (Å²) in [5.41, 5.74) is 2.39. The molecule has 0 fully saturated rings. The number of fused-ring (bicyclic) bond motifs is 1. The number of anilines is 1. The third-order valence-electron chi connectivity index (χ3n) is 4.40. The second-order valence-electron chi connectivity index (χ2n) is 5.78. The first-order valence-electron chi connectivity index (χ1n) is 7.24. The molecule has 3 rings (SSSR count). The van der Waals surface area contributed by atoms with Gasteiger partial charge in [-0.2, -0.15) is 0 Å². The van der Waals surface area contributed by atoms with Gasteiger partial charge in [-0.05, 0) is 43.5 Å². The Morgan fingerprint density at radius 2 is 1.86 bits per heavy atom. The fourth-order valence-corrected chi connectivity index (χ4v) is 3.37. The molecule has 1 aliphatic heterocycles. The smallest absolute Gasteiger partial charge is 0.260 e. The number of rotatable bonds is 2. The summed E-state index contributed by atoms with van der Waals surface area (Å²) in [5, 5.41) is 0.539. The average molecular weight is 300 g/mol. The molecule has 21 heavy (non-hydrogen) atoms. The van der Waals surface area contributed by atoms with E-state index in [2.05, 4.69) is 13.8 Å². The van der Waals surface area contributed by atoms with Crippen molar-refractivity contribution in [3.05, 3.63) is 64.7 Å². The van der Waals surface area contributed by atoms with Crippen molar-refractivity contribution in [1.82, 2.24) is 0 Å². The van der Waals surface area contributed by atoms with Crippen molar-refractivity contribution in [1.29, 1.82) is 0 Å². The minimum absolute atomic E-state index is 0.00241. The molecule has 0 bridgehead atoms. The van der Waals surface area contributed by atoms with Crippen LogP contribution in [0.1, 0.15) is 36.2 Å². The van der Waals surface area contributed by atoms with Crippen LogP contribution in [0.25, 0.3) is 0 Å². The van der Waals surface area contributed by atoms with E-state index >= 15 is 0 Å². The summed E-state index contributed by atoms with van der Waals surface area (Å²) >= 11 is 6.28. The van der Waals surface area contributed by atoms with Crippen molar-refractivity contribution in [3.8, 4) is 0 Å². The Labute approximate surface area is 130 Å². The highest BCUT2D eigenvalue weighted by Crippen LogP contribution is 2.39. The van der Waals surface area contributed by atoms with Crippen LogP contribution < -0.4 is 4.90 Å². The average Bonchev–Trinajstić information content (AvgIpc) is 2.48. The van der Waals surface area contributed by atoms with Gasteiger partial charge in [-0.3, -0.25) is 4.79 Å². The predicted molar refractivity (Wildman–Crippen MR) is 87.1 cm³/mol. The standard InChI is InChI=1S/C18H18ClNO/c1-3-18(2)12-13-8-7-11-15(19)16(13)17(21)20(18)14-9-5-4-6-10-14/h4-11H,3,12H2,1-2H3. The largest absolute Gasteiger partial charge is 0.302 e. The Morgan fingerprint density at radius 3 is 2.52 bits per heavy atom. The van der Waals surface area contributed by atoms with Crippen LogP contribution in [0, 0.1) is 0 Å². The zero-order chi connectivity index (χ0) is 15.0. The van der Waals surface area contributed by atoms with Gasteiger partial charge in [0.05, 0.1) is 10.6 Å². The van der Waals surface area contributed by atoms with E-state index in [1.54, 1.807) is 6.07 Å². The molecule has 0 aromatic heterocycles. The van der Waals surface area contributed by atoms with E-state index in [0.717, 1.165) is 24.1 Å². The van der Waals surface area contributed by atoms with Crippen molar-refractivity contribution >= 4 is 23.2 Å². The zero-order valence-corrected chi connectivity index (χ0v) is 13.0. The molecule has 0 saturated heterocycles. The first-order chi connectivity index (χ1) is 10.1. The zero-order valence-electron chi connectivity index (χ0n) is 12.3. The maximum atomic E-state index is 13.1. The third kappa shape index (κ3) is 2.24. The van der Waals surface area contributed by atoms with E-state index in [-0.39, 0.29) is 11.4 Å². The maximum absolute atomic E-state index is 13.1. The summed E-state index contributed by atoms with van der Waals surface area (Å²) in [4.78, 5) is 15.0. The normalized spacial score (nSPS) is 21.3. The van der Waals surface area contributed by atoms with Gasteiger partial charge >= 0.3 is 0 Å². The summed E-state index contributed by atoms with van der Waals surface area (Å²) in [6, 6.07) is 15.6. The lowest BCUT2D eigenvalue weighted by Gasteiger charge is -2.45. The molecule has 0 radical (unpaired) electrons. The van der Waals surface area contributed by atoms with E-state index in [4.69, 9.17) is 11.6 Å². The van der Waals surface area contributed by atoms with Gasteiger partial charge in [-0.1, -0.05) is 48.9 Å². The number of halogens is 1. The van der Waals surface area contributed by atoms with Crippen LogP contribution >= 0.6 is 11.6 Å². The molecule has 1 amide bonds. The van der Waals surface area contributed by atoms with Gasteiger partial charge in [0.2, 0.25) is 0 Å². The highest BCUT2D eigenvalue weighted by molar-refractivity contribution is 6.35. The van der Waals surface area contributed by atoms with Gasteiger partial charge in [-0.25, -0.2) is 0 Å². The van der Waals surface area contributed by atoms with Crippen LogP contribution in [-0.4, -0.2) is 11.4 Å². The Balaban J connectivity index is 2.19. The van der Waals surface area contributed by atoms with Crippen LogP contribution in [0.2, 0.25) is 5.02 Å². The molecule has 108 valence electrons. The molecule has 1 aliphatic rings. The van der Waals surface area contributed by atoms with E-state index in [1.807, 2.05) is 47.4 Å². The summed E-state index contributed by atoms with van der Waals surface area (Å²) < 4.78 is 0. The van der Waals surface area contributed by atoms with Gasteiger partial charge in [0.1, 0.15) is 0 Å². The lowest BCUT2D eigenvalue weighted by Crippen LogP contribution is -2.54. The van der Waals surface area contributed by atoms with E-state index in [9.17, 15) is 4.79 Å². The van der Waals surface area contributed by atoms with Gasteiger partial charge in [-0.15, -0.1) is 0 Å². The molecular formula is C18H18ClNO. The number of carbonyl (C=O) groups is 1. The molecule has 0 N–H and O–H groups in total. The molecule has 1 unspecified atom stereocenters. The quantitative estimate of drug-likeness (QED) is 0.786. The fraction of sp³-hybridized carbons (Fsp3) is 0.278. The van der Waals surface area contributed by atoms with Gasteiger partial charge < -0.3 is 4.90 Å². The molecule has 1 atom stereocenters. The molecule has 3 heteroatoms. The van der Waals surface area contributed by atoms with Crippen molar-refractivity contribution in [2.45, 2.75) is 32.2 Å². The van der Waals surface area contributed by atoms with Crippen molar-refractivity contribution < 1.29 is 4.79 Å². The molecule has 2 nitrogen and oxygen atoms in total. The molecule has 2 aromatic rings. The van der Waals surface area contributed by atoms with Crippen LogP contribution in [0.5, 0.6) is 0 Å². The van der Waals surface area contributed by atoms with Crippen LogP contribution in [0.3, 0.4) is 0 Å². The Bertz CT molecular complexity index is 683. The van der Waals surface area contributed by atoms with Crippen molar-refractivity contribution in [2.75, 3.05) is 4.90 Å². The lowest BCUT2D eigenvalue weighted by molar-refractivity contribution is 0.0942. The van der Waals surface area contributed by atoms with Crippen molar-refractivity contribution in [2.24, 2.45) is 0 Å². The molecule has 2 aromatic carbocycles. The van der Waals surface area contributed by atoms with E-state index in [1.165, 1.54) is 0 Å². The predicted octanol–water partition coefficient (Wildman–Crippen LogP) is 4.71. The Morgan fingerprint density at radius 1 is 1.14 bits per heavy atom. The molecular weight excluding hydrogens is 282 g/mol. The van der Waals surface area contributed by atoms with E-state index in [0.29, 0.717) is 10.6 Å². The topological polar surface area (TPSA) is 20.3 Å². The molecule has 1 heterocycles. The Kier molecular flexibility index (Phi) is 3.50. The fourth-order valence-electron chi connectivity index (χ4n) is 3.09. The number of hydrogen-bond acceptors (Lipinski definition) is 1. The highest BCUT2D eigenvalue weighted by Gasteiger charge is 2.41. The Hall–Kier alpha value is -1.80. The summed E-state index contributed by atoms with van der Waals surface area (Å²) in [5.74, 6) is -0.00241. The number of benzene rings is 2. The number of amides is 1. The first kappa shape index (κ1) is 14.2. The van der Waals surface area contributed by atoms with Crippen LogP contribution in [-0.2, 0) is 6.42 Å². The van der Waals surface area contributed by atoms with Crippen LogP contribution in [0.4, 0.5) is 5.69 Å². The molecule has 0 spiro atoms. The minimum Gasteiger partial charge on any atom is -0.302 e. The first-order valence-corrected chi connectivity index (χ1v) is 7.61. The number of nitrogens with zero attached hydrogens (tertiary/aromatic N) is 1. The minimum atomic E-state index is -0.226. The maximum Gasteiger partial charge on any atom is 0.260 e. The monoisotopic (exact) mass is 299 g/mol. The number of hydrogen-bond donors (Lipinski definition) is 0.